The molecule has 24 nitrogen and oxygen atoms in total. The van der Waals surface area contributed by atoms with Crippen molar-refractivity contribution in [2.45, 2.75) is 170 Å². The molecule has 580 valence electrons. The fraction of sp³-hybridized carbons (Fsp3) is 0.542. The molecule has 0 radical (unpaired) electrons. The molecule has 0 spiro atoms. The maximum absolute atomic E-state index is 13.7. The number of ether oxygens (including phenoxy) is 5. The summed E-state index contributed by atoms with van der Waals surface area (Å²) in [5.74, 6) is 1.37. The Labute approximate surface area is 633 Å². The third-order valence-electron chi connectivity index (χ3n) is 19.5. The molecule has 5 aromatic carbocycles. The lowest BCUT2D eigenvalue weighted by Crippen LogP contribution is -2.58. The van der Waals surface area contributed by atoms with Crippen LogP contribution in [0.4, 0.5) is 25.8 Å². The predicted octanol–water partition coefficient (Wildman–Crippen LogP) is 10.7. The highest BCUT2D eigenvalue weighted by Crippen LogP contribution is 2.33. The number of carbonyl (C=O) groups excluding carboxylic acids is 6. The number of rotatable bonds is 16. The summed E-state index contributed by atoms with van der Waals surface area (Å²) < 4.78 is 26.5. The number of aliphatic hydroxyl groups excluding tert-OH is 3. The highest BCUT2D eigenvalue weighted by molar-refractivity contribution is 5.96. The smallest absolute Gasteiger partial charge is 0.410 e. The number of para-hydroxylation sites is 2. The summed E-state index contributed by atoms with van der Waals surface area (Å²) in [5.41, 5.74) is 10.2. The summed E-state index contributed by atoms with van der Waals surface area (Å²) in [6, 6.07) is 36.9. The van der Waals surface area contributed by atoms with Gasteiger partial charge in [0, 0.05) is 90.6 Å². The van der Waals surface area contributed by atoms with E-state index in [1.54, 1.807) is 30.6 Å². The van der Waals surface area contributed by atoms with Gasteiger partial charge in [0.05, 0.1) is 67.0 Å². The van der Waals surface area contributed by atoms with Crippen molar-refractivity contribution in [2.24, 2.45) is 11.8 Å². The van der Waals surface area contributed by atoms with E-state index in [1.165, 1.54) is 32.1 Å². The van der Waals surface area contributed by atoms with Crippen LogP contribution < -0.4 is 19.9 Å². The van der Waals surface area contributed by atoms with Crippen molar-refractivity contribution in [2.75, 3.05) is 121 Å². The van der Waals surface area contributed by atoms with E-state index >= 15 is 0 Å². The molecule has 5 fully saturated rings. The lowest BCUT2D eigenvalue weighted by Gasteiger charge is -2.41. The van der Waals surface area contributed by atoms with Gasteiger partial charge in [-0.15, -0.1) is 0 Å². The van der Waals surface area contributed by atoms with Gasteiger partial charge in [-0.1, -0.05) is 66.7 Å². The van der Waals surface area contributed by atoms with Crippen LogP contribution in [0.5, 0.6) is 5.75 Å². The number of aliphatic hydroxyl groups is 3. The van der Waals surface area contributed by atoms with Crippen molar-refractivity contribution in [1.82, 2.24) is 29.8 Å². The Morgan fingerprint density at radius 2 is 0.981 bits per heavy atom. The standard InChI is InChI=1S/C32H42N4O4.C22H24N2O2.C19H28N2O5.C10H20N2O3/c1-22-16-23(2)28(30(38)35-14-15-36(27(20-35)21-37)31(39)40-32(3,4)5)18-26(22)17-24-10-12-34(13-11-24)29-9-7-6-8-25(29)19-33;1-16-11-17(2)22(26-15-25)13-20(16)12-18-7-9-24(10-8-18)21-6-4-3-5-19(21)14-23;1-19(2,3)26-18(24)21-10-9-20(11-16(21)13-22)12-17(23)25-14-15-7-5-4-6-8-15;1-10(2,3)15-9(14)12-5-4-11-6-8(12)7-13/h6-9,16,18,24,27,37H,10-15,17,20-21H2,1-5H3;3-6,11,13,15,18H,7-10,12H2,1-2H3;4-8,16,22H,9-14H2,1-3H3;8,11,13H,4-7H2,1-3H3/t27-;;16-;8-/m0.00/s1. The molecule has 4 N–H and O–H groups in total. The lowest BCUT2D eigenvalue weighted by molar-refractivity contribution is -0.147. The van der Waals surface area contributed by atoms with Gasteiger partial charge in [-0.25, -0.2) is 14.4 Å². The molecule has 5 saturated heterocycles. The largest absolute Gasteiger partial charge is 0.460 e. The zero-order valence-electron chi connectivity index (χ0n) is 65.1. The van der Waals surface area contributed by atoms with Gasteiger partial charge < -0.3 is 68.8 Å². The molecule has 0 aromatic heterocycles. The number of hydrogen-bond acceptors (Lipinski definition) is 20. The molecule has 3 atom stereocenters. The second-order valence-electron chi connectivity index (χ2n) is 31.2. The normalized spacial score (nSPS) is 18.1. The predicted molar refractivity (Wildman–Crippen MR) is 411 cm³/mol. The van der Waals surface area contributed by atoms with Crippen molar-refractivity contribution >= 4 is 48.0 Å². The van der Waals surface area contributed by atoms with Gasteiger partial charge in [-0.05, 0) is 216 Å². The van der Waals surface area contributed by atoms with Crippen LogP contribution in [0, 0.1) is 62.2 Å². The van der Waals surface area contributed by atoms with Crippen molar-refractivity contribution in [3.63, 3.8) is 0 Å². The van der Waals surface area contributed by atoms with E-state index in [0.29, 0.717) is 81.0 Å². The van der Waals surface area contributed by atoms with Crippen LogP contribution in [-0.2, 0) is 48.0 Å². The number of esters is 1. The molecule has 5 aliphatic heterocycles. The first-order valence-corrected chi connectivity index (χ1v) is 37.4. The molecule has 24 heteroatoms. The number of nitrogens with one attached hydrogen (secondary N) is 1. The average molecular weight is 1480 g/mol. The summed E-state index contributed by atoms with van der Waals surface area (Å²) in [6.45, 7) is 32.9. The SMILES string of the molecule is CC(C)(C)OC(=O)N1CCN(CC(=O)OCc2ccccc2)C[C@H]1CO.CC(C)(C)OC(=O)N1CCNC[C@H]1CO.Cc1cc(C)c(C(=O)N2CCN(C(=O)OC(C)(C)C)[C@H](CO)C2)cc1CC1CCN(c2ccccc2C#N)CC1.Cc1cc(C)c(OC=O)cc1CC1CCN(c2ccccc2C#N)CC1. The van der Waals surface area contributed by atoms with Gasteiger partial charge in [0.2, 0.25) is 0 Å². The molecule has 0 saturated carbocycles. The van der Waals surface area contributed by atoms with Crippen LogP contribution in [0.1, 0.15) is 148 Å². The third-order valence-corrected chi connectivity index (χ3v) is 19.5. The molecule has 5 aromatic rings. The fourth-order valence-corrected chi connectivity index (χ4v) is 13.8. The molecule has 0 aliphatic carbocycles. The Hall–Kier alpha value is -9.30. The number of piperazine rings is 3. The fourth-order valence-electron chi connectivity index (χ4n) is 13.8. The van der Waals surface area contributed by atoms with E-state index < -0.39 is 41.1 Å². The monoisotopic (exact) mass is 1470 g/mol. The van der Waals surface area contributed by atoms with Crippen LogP contribution in [0.2, 0.25) is 0 Å². The van der Waals surface area contributed by atoms with E-state index in [2.05, 4.69) is 59.3 Å². The van der Waals surface area contributed by atoms with Gasteiger partial charge in [0.15, 0.2) is 0 Å². The first kappa shape index (κ1) is 85.0. The van der Waals surface area contributed by atoms with E-state index in [4.69, 9.17) is 28.8 Å². The number of carbonyl (C=O) groups is 6. The highest BCUT2D eigenvalue weighted by Gasteiger charge is 2.38. The second kappa shape index (κ2) is 40.1. The molecular weight excluding hydrogens is 1360 g/mol. The summed E-state index contributed by atoms with van der Waals surface area (Å²) in [5, 5.41) is 50.7. The van der Waals surface area contributed by atoms with Crippen LogP contribution in [0.3, 0.4) is 0 Å². The Balaban J connectivity index is 0.000000210. The molecule has 10 rings (SSSR count). The number of benzene rings is 5. The van der Waals surface area contributed by atoms with E-state index in [0.717, 1.165) is 105 Å². The number of amides is 4. The first-order valence-electron chi connectivity index (χ1n) is 37.4. The van der Waals surface area contributed by atoms with Crippen molar-refractivity contribution < 1.29 is 67.8 Å². The maximum Gasteiger partial charge on any atom is 0.410 e. The minimum atomic E-state index is -0.628. The van der Waals surface area contributed by atoms with Crippen LogP contribution in [0.15, 0.2) is 103 Å². The average Bonchev–Trinajstić information content (AvgIpc) is 0.804. The molecule has 4 amide bonds. The van der Waals surface area contributed by atoms with Crippen LogP contribution >= 0.6 is 0 Å². The Morgan fingerprint density at radius 3 is 1.46 bits per heavy atom. The Kier molecular flexibility index (Phi) is 31.8. The van der Waals surface area contributed by atoms with E-state index in [9.17, 15) is 49.5 Å². The van der Waals surface area contributed by atoms with Gasteiger partial charge in [0.1, 0.15) is 41.3 Å². The van der Waals surface area contributed by atoms with Gasteiger partial charge in [-0.3, -0.25) is 24.2 Å². The number of piperidine rings is 2. The molecule has 0 unspecified atom stereocenters. The zero-order chi connectivity index (χ0) is 78.2. The number of hydrogen-bond donors (Lipinski definition) is 4. The van der Waals surface area contributed by atoms with E-state index in [1.807, 2.05) is 145 Å². The number of nitriles is 2. The van der Waals surface area contributed by atoms with Gasteiger partial charge in [-0.2, -0.15) is 10.5 Å². The topological polar surface area (TPSA) is 292 Å². The maximum atomic E-state index is 13.7. The molecule has 5 heterocycles. The van der Waals surface area contributed by atoms with Crippen molar-refractivity contribution in [3.8, 4) is 17.9 Å². The van der Waals surface area contributed by atoms with Gasteiger partial charge in [0.25, 0.3) is 12.4 Å². The van der Waals surface area contributed by atoms with Gasteiger partial charge >= 0.3 is 24.2 Å². The summed E-state index contributed by atoms with van der Waals surface area (Å²) in [7, 11) is 0. The van der Waals surface area contributed by atoms with E-state index in [-0.39, 0.29) is 63.5 Å². The van der Waals surface area contributed by atoms with Crippen molar-refractivity contribution in [1.29, 1.82) is 10.5 Å². The minimum Gasteiger partial charge on any atom is -0.460 e. The second-order valence-corrected chi connectivity index (χ2v) is 31.2. The van der Waals surface area contributed by atoms with Crippen LogP contribution in [-0.4, -0.2) is 223 Å². The number of nitrogens with zero attached hydrogens (tertiary/aromatic N) is 9. The zero-order valence-corrected chi connectivity index (χ0v) is 65.1. The number of anilines is 2. The molecule has 0 bridgehead atoms. The molecular formula is C83H114N10O14. The highest BCUT2D eigenvalue weighted by atomic mass is 16.6. The quantitative estimate of drug-likeness (QED) is 0.0405. The molecule has 107 heavy (non-hydrogen) atoms. The third kappa shape index (κ3) is 26.0. The van der Waals surface area contributed by atoms with Crippen molar-refractivity contribution in [3.05, 3.63) is 159 Å². The molecule has 5 aliphatic rings. The Bertz CT molecular complexity index is 3840. The summed E-state index contributed by atoms with van der Waals surface area (Å²) in [4.78, 5) is 86.0. The summed E-state index contributed by atoms with van der Waals surface area (Å²) >= 11 is 0. The summed E-state index contributed by atoms with van der Waals surface area (Å²) in [6.07, 6.45) is 4.90. The van der Waals surface area contributed by atoms with Crippen LogP contribution in [0.25, 0.3) is 0 Å². The minimum absolute atomic E-state index is 0.0355. The number of aryl methyl sites for hydroxylation is 4. The lowest BCUT2D eigenvalue weighted by atomic mass is 9.86. The Morgan fingerprint density at radius 1 is 0.533 bits per heavy atom. The first-order chi connectivity index (χ1) is 50.8.